The number of aryl methyl sites for hydroxylation is 1. The Balaban J connectivity index is 0.00000128. The van der Waals surface area contributed by atoms with Gasteiger partial charge in [0.05, 0.1) is 0 Å². The first-order chi connectivity index (χ1) is 7.15. The summed E-state index contributed by atoms with van der Waals surface area (Å²) in [4.78, 5) is 2.42. The average Bonchev–Trinajstić information content (AvgIpc) is 2.58. The average molecular weight is 306 g/mol. The van der Waals surface area contributed by atoms with Crippen molar-refractivity contribution in [3.63, 3.8) is 0 Å². The SMILES string of the molecule is Cc1ccc(CN2CCC(N)C2)cc1Br.Cl. The molecule has 0 radical (unpaired) electrons. The van der Waals surface area contributed by atoms with E-state index < -0.39 is 0 Å². The van der Waals surface area contributed by atoms with E-state index >= 15 is 0 Å². The van der Waals surface area contributed by atoms with Crippen LogP contribution in [0.5, 0.6) is 0 Å². The van der Waals surface area contributed by atoms with E-state index in [1.165, 1.54) is 15.6 Å². The highest BCUT2D eigenvalue weighted by Crippen LogP contribution is 2.19. The number of nitrogens with two attached hydrogens (primary N) is 1. The highest BCUT2D eigenvalue weighted by atomic mass is 79.9. The summed E-state index contributed by atoms with van der Waals surface area (Å²) < 4.78 is 1.20. The summed E-state index contributed by atoms with van der Waals surface area (Å²) >= 11 is 3.56. The zero-order chi connectivity index (χ0) is 10.8. The van der Waals surface area contributed by atoms with Gasteiger partial charge in [-0.05, 0) is 30.5 Å². The van der Waals surface area contributed by atoms with Crippen LogP contribution in [0, 0.1) is 6.92 Å². The monoisotopic (exact) mass is 304 g/mol. The summed E-state index contributed by atoms with van der Waals surface area (Å²) in [5.74, 6) is 0. The van der Waals surface area contributed by atoms with Crippen LogP contribution in [0.4, 0.5) is 0 Å². The first-order valence-corrected chi connectivity index (χ1v) is 6.17. The Morgan fingerprint density at radius 3 is 2.81 bits per heavy atom. The summed E-state index contributed by atoms with van der Waals surface area (Å²) in [6, 6.07) is 6.94. The van der Waals surface area contributed by atoms with Gasteiger partial charge in [0, 0.05) is 30.1 Å². The van der Waals surface area contributed by atoms with E-state index in [0.717, 1.165) is 26.1 Å². The second kappa shape index (κ2) is 6.01. The predicted molar refractivity (Wildman–Crippen MR) is 74.0 cm³/mol. The van der Waals surface area contributed by atoms with Gasteiger partial charge in [-0.1, -0.05) is 28.1 Å². The predicted octanol–water partition coefficient (Wildman–Crippen LogP) is 2.71. The lowest BCUT2D eigenvalue weighted by atomic mass is 10.1. The molecule has 1 atom stereocenters. The fourth-order valence-electron chi connectivity index (χ4n) is 2.00. The fraction of sp³-hybridized carbons (Fsp3) is 0.500. The van der Waals surface area contributed by atoms with Crippen molar-refractivity contribution in [3.8, 4) is 0 Å². The third kappa shape index (κ3) is 3.45. The quantitative estimate of drug-likeness (QED) is 0.910. The Labute approximate surface area is 112 Å². The van der Waals surface area contributed by atoms with Crippen molar-refractivity contribution in [2.75, 3.05) is 13.1 Å². The first kappa shape index (κ1) is 14.0. The van der Waals surface area contributed by atoms with Crippen LogP contribution in [0.15, 0.2) is 22.7 Å². The van der Waals surface area contributed by atoms with Crippen LogP contribution in [0.1, 0.15) is 17.5 Å². The second-order valence-corrected chi connectivity index (χ2v) is 5.22. The van der Waals surface area contributed by atoms with Gasteiger partial charge in [0.25, 0.3) is 0 Å². The minimum absolute atomic E-state index is 0. The normalized spacial score (nSPS) is 20.8. The van der Waals surface area contributed by atoms with Gasteiger partial charge in [-0.25, -0.2) is 0 Å². The third-order valence-electron chi connectivity index (χ3n) is 2.95. The number of likely N-dealkylation sites (tertiary alicyclic amines) is 1. The number of hydrogen-bond donors (Lipinski definition) is 1. The standard InChI is InChI=1S/C12H17BrN2.ClH/c1-9-2-3-10(6-12(9)13)7-15-5-4-11(14)8-15;/h2-3,6,11H,4-5,7-8,14H2,1H3;1H. The van der Waals surface area contributed by atoms with Gasteiger partial charge >= 0.3 is 0 Å². The van der Waals surface area contributed by atoms with Gasteiger partial charge in [0.1, 0.15) is 0 Å². The molecule has 2 nitrogen and oxygen atoms in total. The molecule has 1 heterocycles. The van der Waals surface area contributed by atoms with Crippen LogP contribution in [0.3, 0.4) is 0 Å². The molecule has 2 N–H and O–H groups in total. The molecule has 1 aliphatic heterocycles. The molecule has 16 heavy (non-hydrogen) atoms. The molecule has 1 aromatic carbocycles. The Kier molecular flexibility index (Phi) is 5.25. The minimum atomic E-state index is 0. The zero-order valence-corrected chi connectivity index (χ0v) is 11.9. The van der Waals surface area contributed by atoms with E-state index in [2.05, 4.69) is 46.0 Å². The fourth-order valence-corrected chi connectivity index (χ4v) is 2.43. The van der Waals surface area contributed by atoms with Crippen LogP contribution in [0.2, 0.25) is 0 Å². The van der Waals surface area contributed by atoms with E-state index in [0.29, 0.717) is 6.04 Å². The Hall–Kier alpha value is -0.0900. The lowest BCUT2D eigenvalue weighted by Crippen LogP contribution is -2.26. The van der Waals surface area contributed by atoms with Gasteiger partial charge in [0.2, 0.25) is 0 Å². The molecule has 0 saturated carbocycles. The number of hydrogen-bond acceptors (Lipinski definition) is 2. The molecule has 90 valence electrons. The molecule has 0 aromatic heterocycles. The molecule has 0 spiro atoms. The zero-order valence-electron chi connectivity index (χ0n) is 9.45. The Bertz CT molecular complexity index is 357. The van der Waals surface area contributed by atoms with Crippen molar-refractivity contribution in [1.29, 1.82) is 0 Å². The number of rotatable bonds is 2. The molecule has 1 unspecified atom stereocenters. The summed E-state index contributed by atoms with van der Waals surface area (Å²) in [5.41, 5.74) is 8.53. The molecule has 1 fully saturated rings. The van der Waals surface area contributed by atoms with Crippen LogP contribution in [-0.4, -0.2) is 24.0 Å². The Morgan fingerprint density at radius 1 is 1.50 bits per heavy atom. The van der Waals surface area contributed by atoms with Crippen LogP contribution in [-0.2, 0) is 6.54 Å². The molecule has 0 aliphatic carbocycles. The summed E-state index contributed by atoms with van der Waals surface area (Å²) in [5, 5.41) is 0. The molecular formula is C12H18BrClN2. The number of benzene rings is 1. The van der Waals surface area contributed by atoms with E-state index in [1.807, 2.05) is 0 Å². The van der Waals surface area contributed by atoms with E-state index in [1.54, 1.807) is 0 Å². The van der Waals surface area contributed by atoms with Crippen molar-refractivity contribution < 1.29 is 0 Å². The van der Waals surface area contributed by atoms with Gasteiger partial charge in [-0.15, -0.1) is 12.4 Å². The van der Waals surface area contributed by atoms with Crippen LogP contribution < -0.4 is 5.73 Å². The molecule has 2 rings (SSSR count). The van der Waals surface area contributed by atoms with Gasteiger partial charge in [0.15, 0.2) is 0 Å². The van der Waals surface area contributed by atoms with Crippen LogP contribution >= 0.6 is 28.3 Å². The topological polar surface area (TPSA) is 29.3 Å². The second-order valence-electron chi connectivity index (χ2n) is 4.37. The van der Waals surface area contributed by atoms with E-state index in [9.17, 15) is 0 Å². The molecule has 0 amide bonds. The van der Waals surface area contributed by atoms with Crippen molar-refractivity contribution in [2.24, 2.45) is 5.73 Å². The molecule has 1 saturated heterocycles. The van der Waals surface area contributed by atoms with Gasteiger partial charge in [-0.2, -0.15) is 0 Å². The molecule has 0 bridgehead atoms. The van der Waals surface area contributed by atoms with Crippen molar-refractivity contribution in [3.05, 3.63) is 33.8 Å². The molecular weight excluding hydrogens is 288 g/mol. The maximum atomic E-state index is 5.88. The summed E-state index contributed by atoms with van der Waals surface area (Å²) in [6.45, 7) is 5.30. The summed E-state index contributed by atoms with van der Waals surface area (Å²) in [7, 11) is 0. The third-order valence-corrected chi connectivity index (χ3v) is 3.81. The first-order valence-electron chi connectivity index (χ1n) is 5.38. The molecule has 1 aromatic rings. The highest BCUT2D eigenvalue weighted by Gasteiger charge is 2.18. The van der Waals surface area contributed by atoms with Crippen molar-refractivity contribution in [1.82, 2.24) is 4.90 Å². The minimum Gasteiger partial charge on any atom is -0.326 e. The summed E-state index contributed by atoms with van der Waals surface area (Å²) in [6.07, 6.45) is 1.13. The van der Waals surface area contributed by atoms with E-state index in [4.69, 9.17) is 5.73 Å². The van der Waals surface area contributed by atoms with Crippen molar-refractivity contribution >= 4 is 28.3 Å². The number of nitrogens with zero attached hydrogens (tertiary/aromatic N) is 1. The molecule has 1 aliphatic rings. The number of halogens is 2. The highest BCUT2D eigenvalue weighted by molar-refractivity contribution is 9.10. The lowest BCUT2D eigenvalue weighted by Gasteiger charge is -2.15. The van der Waals surface area contributed by atoms with Gasteiger partial charge < -0.3 is 5.73 Å². The van der Waals surface area contributed by atoms with Gasteiger partial charge in [-0.3, -0.25) is 4.90 Å². The maximum absolute atomic E-state index is 5.88. The maximum Gasteiger partial charge on any atom is 0.0234 e. The smallest absolute Gasteiger partial charge is 0.0234 e. The van der Waals surface area contributed by atoms with Crippen LogP contribution in [0.25, 0.3) is 0 Å². The largest absolute Gasteiger partial charge is 0.326 e. The van der Waals surface area contributed by atoms with E-state index in [-0.39, 0.29) is 12.4 Å². The van der Waals surface area contributed by atoms with Crippen molar-refractivity contribution in [2.45, 2.75) is 25.9 Å². The Morgan fingerprint density at radius 2 is 2.25 bits per heavy atom. The lowest BCUT2D eigenvalue weighted by molar-refractivity contribution is 0.327. The molecule has 4 heteroatoms.